The van der Waals surface area contributed by atoms with Gasteiger partial charge in [0.15, 0.2) is 0 Å². The first-order valence-electron chi connectivity index (χ1n) is 7.43. The van der Waals surface area contributed by atoms with Crippen LogP contribution in [0.5, 0.6) is 5.75 Å². The van der Waals surface area contributed by atoms with Crippen LogP contribution in [0.4, 0.5) is 0 Å². The van der Waals surface area contributed by atoms with Gasteiger partial charge in [-0.05, 0) is 31.7 Å². The van der Waals surface area contributed by atoms with Gasteiger partial charge in [0.2, 0.25) is 11.8 Å². The summed E-state index contributed by atoms with van der Waals surface area (Å²) >= 11 is 0. The molecular formula is C16H18N2O3. The summed E-state index contributed by atoms with van der Waals surface area (Å²) < 4.78 is 5.67. The number of nitrogens with one attached hydrogen (secondary N) is 1. The zero-order valence-electron chi connectivity index (χ0n) is 12.0. The molecule has 5 nitrogen and oxygen atoms in total. The Morgan fingerprint density at radius 2 is 2.05 bits per heavy atom. The molecule has 0 radical (unpaired) electrons. The number of benzene rings is 1. The molecule has 0 spiro atoms. The fourth-order valence-corrected chi connectivity index (χ4v) is 3.50. The van der Waals surface area contributed by atoms with Crippen LogP contribution in [0.1, 0.15) is 31.4 Å². The molecule has 4 rings (SSSR count). The number of ether oxygens (including phenoxy) is 1. The molecule has 1 N–H and O–H groups in total. The molecule has 3 aliphatic rings. The van der Waals surface area contributed by atoms with E-state index in [1.165, 1.54) is 0 Å². The maximum atomic E-state index is 12.9. The standard InChI is InChI=1S/C16H18N2O3/c1-16(10-6-7-10)15(20)18(8-14(19)17-16)12-9-21-13-5-3-2-4-11(12)13/h2-5,10,12H,6-9H2,1H3,(H,17,19). The lowest BCUT2D eigenvalue weighted by Gasteiger charge is -2.42. The van der Waals surface area contributed by atoms with Gasteiger partial charge in [-0.25, -0.2) is 0 Å². The topological polar surface area (TPSA) is 58.6 Å². The third-order valence-corrected chi connectivity index (χ3v) is 4.86. The number of carbonyl (C=O) groups is 2. The minimum absolute atomic E-state index is 0.0231. The highest BCUT2D eigenvalue weighted by Gasteiger charge is 2.54. The first-order chi connectivity index (χ1) is 10.1. The summed E-state index contributed by atoms with van der Waals surface area (Å²) in [4.78, 5) is 26.7. The third-order valence-electron chi connectivity index (χ3n) is 4.86. The zero-order chi connectivity index (χ0) is 14.6. The highest BCUT2D eigenvalue weighted by molar-refractivity contribution is 5.98. The second kappa shape index (κ2) is 4.23. The zero-order valence-corrected chi connectivity index (χ0v) is 12.0. The predicted molar refractivity (Wildman–Crippen MR) is 75.7 cm³/mol. The monoisotopic (exact) mass is 286 g/mol. The van der Waals surface area contributed by atoms with Gasteiger partial charge in [0.25, 0.3) is 0 Å². The third kappa shape index (κ3) is 1.83. The van der Waals surface area contributed by atoms with Crippen molar-refractivity contribution in [1.29, 1.82) is 0 Å². The fourth-order valence-electron chi connectivity index (χ4n) is 3.50. The van der Waals surface area contributed by atoms with Crippen LogP contribution in [0.25, 0.3) is 0 Å². The molecule has 2 fully saturated rings. The van der Waals surface area contributed by atoms with Crippen molar-refractivity contribution in [2.24, 2.45) is 5.92 Å². The molecule has 21 heavy (non-hydrogen) atoms. The Balaban J connectivity index is 1.68. The summed E-state index contributed by atoms with van der Waals surface area (Å²) in [6, 6.07) is 7.58. The number of para-hydroxylation sites is 1. The number of piperazine rings is 1. The van der Waals surface area contributed by atoms with Crippen LogP contribution in [0.15, 0.2) is 24.3 Å². The lowest BCUT2D eigenvalue weighted by molar-refractivity contribution is -0.153. The predicted octanol–water partition coefficient (Wildman–Crippen LogP) is 1.25. The molecule has 0 aromatic heterocycles. The average Bonchev–Trinajstić information content (AvgIpc) is 3.24. The van der Waals surface area contributed by atoms with Gasteiger partial charge in [-0.2, -0.15) is 0 Å². The van der Waals surface area contributed by atoms with Crippen molar-refractivity contribution in [2.45, 2.75) is 31.3 Å². The van der Waals surface area contributed by atoms with Crippen molar-refractivity contribution in [3.05, 3.63) is 29.8 Å². The maximum Gasteiger partial charge on any atom is 0.249 e. The molecule has 2 unspecified atom stereocenters. The quantitative estimate of drug-likeness (QED) is 0.890. The van der Waals surface area contributed by atoms with Crippen molar-refractivity contribution in [2.75, 3.05) is 13.2 Å². The van der Waals surface area contributed by atoms with E-state index < -0.39 is 5.54 Å². The molecule has 2 atom stereocenters. The Morgan fingerprint density at radius 1 is 1.29 bits per heavy atom. The van der Waals surface area contributed by atoms with E-state index in [0.29, 0.717) is 6.61 Å². The van der Waals surface area contributed by atoms with Crippen molar-refractivity contribution >= 4 is 11.8 Å². The van der Waals surface area contributed by atoms with Gasteiger partial charge in [0.1, 0.15) is 24.4 Å². The Bertz CT molecular complexity index is 626. The van der Waals surface area contributed by atoms with Gasteiger partial charge in [-0.15, -0.1) is 0 Å². The minimum atomic E-state index is -0.743. The van der Waals surface area contributed by atoms with Crippen molar-refractivity contribution in [3.8, 4) is 5.75 Å². The summed E-state index contributed by atoms with van der Waals surface area (Å²) in [6.45, 7) is 2.40. The number of fused-ring (bicyclic) bond motifs is 1. The van der Waals surface area contributed by atoms with E-state index in [2.05, 4.69) is 5.32 Å². The maximum absolute atomic E-state index is 12.9. The first-order valence-corrected chi connectivity index (χ1v) is 7.43. The van der Waals surface area contributed by atoms with Gasteiger partial charge in [-0.1, -0.05) is 18.2 Å². The molecule has 1 aromatic carbocycles. The minimum Gasteiger partial charge on any atom is -0.491 e. The molecule has 1 aliphatic carbocycles. The number of rotatable bonds is 2. The molecular weight excluding hydrogens is 268 g/mol. The van der Waals surface area contributed by atoms with E-state index in [1.54, 1.807) is 4.90 Å². The Hall–Kier alpha value is -2.04. The molecule has 0 bridgehead atoms. The largest absolute Gasteiger partial charge is 0.491 e. The van der Waals surface area contributed by atoms with E-state index in [9.17, 15) is 9.59 Å². The van der Waals surface area contributed by atoms with Gasteiger partial charge in [-0.3, -0.25) is 9.59 Å². The SMILES string of the molecule is CC1(C2CC2)NC(=O)CN(C2COc3ccccc32)C1=O. The van der Waals surface area contributed by atoms with Gasteiger partial charge >= 0.3 is 0 Å². The van der Waals surface area contributed by atoms with Crippen LogP contribution in [0.2, 0.25) is 0 Å². The number of hydrogen-bond donors (Lipinski definition) is 1. The Kier molecular flexibility index (Phi) is 2.55. The second-order valence-corrected chi connectivity index (χ2v) is 6.32. The number of carbonyl (C=O) groups excluding carboxylic acids is 2. The Morgan fingerprint density at radius 3 is 2.81 bits per heavy atom. The summed E-state index contributed by atoms with van der Waals surface area (Å²) in [5.41, 5.74) is 0.256. The highest BCUT2D eigenvalue weighted by Crippen LogP contribution is 2.44. The van der Waals surface area contributed by atoms with Crippen molar-refractivity contribution in [1.82, 2.24) is 10.2 Å². The molecule has 2 aliphatic heterocycles. The van der Waals surface area contributed by atoms with E-state index >= 15 is 0 Å². The van der Waals surface area contributed by atoms with Crippen LogP contribution < -0.4 is 10.1 Å². The molecule has 110 valence electrons. The second-order valence-electron chi connectivity index (χ2n) is 6.32. The molecule has 2 heterocycles. The number of amides is 2. The fraction of sp³-hybridized carbons (Fsp3) is 0.500. The molecule has 5 heteroatoms. The molecule has 1 saturated heterocycles. The lowest BCUT2D eigenvalue weighted by Crippen LogP contribution is -2.66. The molecule has 1 saturated carbocycles. The van der Waals surface area contributed by atoms with Gasteiger partial charge < -0.3 is 15.0 Å². The van der Waals surface area contributed by atoms with E-state index in [1.807, 2.05) is 31.2 Å². The van der Waals surface area contributed by atoms with Crippen LogP contribution in [0, 0.1) is 5.92 Å². The molecule has 1 aromatic rings. The number of nitrogens with zero attached hydrogens (tertiary/aromatic N) is 1. The lowest BCUT2D eigenvalue weighted by atomic mass is 9.90. The molecule has 2 amide bonds. The van der Waals surface area contributed by atoms with Crippen LogP contribution >= 0.6 is 0 Å². The smallest absolute Gasteiger partial charge is 0.249 e. The summed E-state index contributed by atoms with van der Waals surface area (Å²) in [6.07, 6.45) is 2.02. The van der Waals surface area contributed by atoms with Gasteiger partial charge in [0.05, 0.1) is 6.04 Å². The summed E-state index contributed by atoms with van der Waals surface area (Å²) in [5.74, 6) is 1.03. The van der Waals surface area contributed by atoms with E-state index in [0.717, 1.165) is 24.2 Å². The van der Waals surface area contributed by atoms with Crippen molar-refractivity contribution < 1.29 is 14.3 Å². The summed E-state index contributed by atoms with van der Waals surface area (Å²) in [5, 5.41) is 2.91. The summed E-state index contributed by atoms with van der Waals surface area (Å²) in [7, 11) is 0. The number of hydrogen-bond acceptors (Lipinski definition) is 3. The normalized spacial score (nSPS) is 31.7. The van der Waals surface area contributed by atoms with Crippen LogP contribution in [-0.4, -0.2) is 35.4 Å². The first kappa shape index (κ1) is 12.7. The van der Waals surface area contributed by atoms with E-state index in [4.69, 9.17) is 4.74 Å². The average molecular weight is 286 g/mol. The van der Waals surface area contributed by atoms with E-state index in [-0.39, 0.29) is 30.3 Å². The van der Waals surface area contributed by atoms with Crippen LogP contribution in [0.3, 0.4) is 0 Å². The van der Waals surface area contributed by atoms with Crippen LogP contribution in [-0.2, 0) is 9.59 Å². The highest BCUT2D eigenvalue weighted by atomic mass is 16.5. The van der Waals surface area contributed by atoms with Gasteiger partial charge in [0, 0.05) is 5.56 Å². The Labute approximate surface area is 123 Å². The van der Waals surface area contributed by atoms with Crippen molar-refractivity contribution in [3.63, 3.8) is 0 Å².